The topological polar surface area (TPSA) is 52.0 Å². The van der Waals surface area contributed by atoms with Gasteiger partial charge >= 0.3 is 0 Å². The smallest absolute Gasteiger partial charge is 0.198 e. The second-order valence-electron chi connectivity index (χ2n) is 4.75. The maximum Gasteiger partial charge on any atom is 0.198 e. The maximum atomic E-state index is 5.92. The Balaban J connectivity index is 2.02. The predicted octanol–water partition coefficient (Wildman–Crippen LogP) is 2.73. The van der Waals surface area contributed by atoms with E-state index in [9.17, 15) is 0 Å². The zero-order valence-electron chi connectivity index (χ0n) is 9.44. The average molecular weight is 216 g/mol. The highest BCUT2D eigenvalue weighted by Crippen LogP contribution is 2.34. The number of nitrogens with zero attached hydrogens (tertiary/aromatic N) is 1. The summed E-state index contributed by atoms with van der Waals surface area (Å²) >= 11 is 0. The number of hydrogen-bond acceptors (Lipinski definition) is 3. The summed E-state index contributed by atoms with van der Waals surface area (Å²) in [6.07, 6.45) is 3.20. The summed E-state index contributed by atoms with van der Waals surface area (Å²) in [6, 6.07) is 6.40. The molecule has 0 spiro atoms. The van der Waals surface area contributed by atoms with Gasteiger partial charge in [-0.05, 0) is 37.8 Å². The molecule has 0 saturated heterocycles. The third-order valence-corrected chi connectivity index (χ3v) is 3.45. The molecule has 1 aliphatic carbocycles. The Morgan fingerprint density at radius 2 is 2.25 bits per heavy atom. The summed E-state index contributed by atoms with van der Waals surface area (Å²) in [5.74, 6) is 1.29. The minimum atomic E-state index is 0.320. The van der Waals surface area contributed by atoms with Gasteiger partial charge in [0.15, 0.2) is 11.5 Å². The van der Waals surface area contributed by atoms with Crippen LogP contribution in [0, 0.1) is 6.92 Å². The fourth-order valence-corrected chi connectivity index (χ4v) is 2.52. The molecule has 1 saturated carbocycles. The molecule has 84 valence electrons. The number of benzene rings is 1. The second kappa shape index (κ2) is 3.59. The largest absolute Gasteiger partial charge is 0.440 e. The SMILES string of the molecule is Cc1cccc2nc(C3CCC(N)C3)oc12. The van der Waals surface area contributed by atoms with Crippen molar-refractivity contribution in [3.8, 4) is 0 Å². The van der Waals surface area contributed by atoms with E-state index in [2.05, 4.69) is 18.0 Å². The number of hydrogen-bond donors (Lipinski definition) is 1. The monoisotopic (exact) mass is 216 g/mol. The lowest BCUT2D eigenvalue weighted by Crippen LogP contribution is -2.14. The first kappa shape index (κ1) is 9.85. The first-order chi connectivity index (χ1) is 7.74. The van der Waals surface area contributed by atoms with E-state index in [4.69, 9.17) is 10.2 Å². The average Bonchev–Trinajstić information content (AvgIpc) is 2.84. The van der Waals surface area contributed by atoms with Crippen molar-refractivity contribution in [2.75, 3.05) is 0 Å². The first-order valence-electron chi connectivity index (χ1n) is 5.85. The Kier molecular flexibility index (Phi) is 2.21. The molecule has 0 aliphatic heterocycles. The van der Waals surface area contributed by atoms with Gasteiger partial charge in [-0.15, -0.1) is 0 Å². The molecular formula is C13H16N2O. The van der Waals surface area contributed by atoms with Crippen molar-refractivity contribution in [3.05, 3.63) is 29.7 Å². The Labute approximate surface area is 94.7 Å². The summed E-state index contributed by atoms with van der Waals surface area (Å²) in [5.41, 5.74) is 8.97. The number of fused-ring (bicyclic) bond motifs is 1. The summed E-state index contributed by atoms with van der Waals surface area (Å²) in [6.45, 7) is 2.05. The first-order valence-corrected chi connectivity index (χ1v) is 5.85. The van der Waals surface area contributed by atoms with E-state index >= 15 is 0 Å². The minimum Gasteiger partial charge on any atom is -0.440 e. The van der Waals surface area contributed by atoms with Crippen molar-refractivity contribution < 1.29 is 4.42 Å². The van der Waals surface area contributed by atoms with Crippen molar-refractivity contribution in [2.45, 2.75) is 38.1 Å². The third-order valence-electron chi connectivity index (χ3n) is 3.45. The molecule has 2 aromatic rings. The van der Waals surface area contributed by atoms with Crippen molar-refractivity contribution in [3.63, 3.8) is 0 Å². The number of rotatable bonds is 1. The highest BCUT2D eigenvalue weighted by atomic mass is 16.3. The van der Waals surface area contributed by atoms with Crippen LogP contribution in [0.2, 0.25) is 0 Å². The molecule has 1 aromatic heterocycles. The van der Waals surface area contributed by atoms with Gasteiger partial charge in [0.05, 0.1) is 0 Å². The van der Waals surface area contributed by atoms with Gasteiger partial charge in [0, 0.05) is 12.0 Å². The Morgan fingerprint density at radius 1 is 1.38 bits per heavy atom. The van der Waals surface area contributed by atoms with Crippen LogP contribution in [-0.2, 0) is 0 Å². The van der Waals surface area contributed by atoms with E-state index in [1.807, 2.05) is 12.1 Å². The van der Waals surface area contributed by atoms with Crippen molar-refractivity contribution in [1.82, 2.24) is 4.98 Å². The van der Waals surface area contributed by atoms with Gasteiger partial charge in [-0.1, -0.05) is 12.1 Å². The van der Waals surface area contributed by atoms with Crippen LogP contribution in [0.25, 0.3) is 11.1 Å². The Hall–Kier alpha value is -1.35. The van der Waals surface area contributed by atoms with Gasteiger partial charge < -0.3 is 10.2 Å². The zero-order chi connectivity index (χ0) is 11.1. The molecule has 1 aliphatic rings. The lowest BCUT2D eigenvalue weighted by Gasteiger charge is -2.02. The van der Waals surface area contributed by atoms with Crippen LogP contribution in [0.4, 0.5) is 0 Å². The molecule has 2 unspecified atom stereocenters. The normalized spacial score (nSPS) is 25.4. The minimum absolute atomic E-state index is 0.320. The van der Waals surface area contributed by atoms with Crippen LogP contribution in [0.15, 0.2) is 22.6 Å². The van der Waals surface area contributed by atoms with Crippen LogP contribution in [0.1, 0.15) is 36.6 Å². The van der Waals surface area contributed by atoms with Crippen LogP contribution < -0.4 is 5.73 Å². The molecule has 1 heterocycles. The fraction of sp³-hybridized carbons (Fsp3) is 0.462. The van der Waals surface area contributed by atoms with E-state index in [1.165, 1.54) is 0 Å². The Bertz CT molecular complexity index is 518. The predicted molar refractivity (Wildman–Crippen MR) is 63.3 cm³/mol. The molecule has 2 atom stereocenters. The van der Waals surface area contributed by atoms with Crippen molar-refractivity contribution in [1.29, 1.82) is 0 Å². The van der Waals surface area contributed by atoms with E-state index in [1.54, 1.807) is 0 Å². The fourth-order valence-electron chi connectivity index (χ4n) is 2.52. The van der Waals surface area contributed by atoms with E-state index in [-0.39, 0.29) is 0 Å². The van der Waals surface area contributed by atoms with Crippen molar-refractivity contribution >= 4 is 11.1 Å². The number of nitrogens with two attached hydrogens (primary N) is 1. The molecule has 3 heteroatoms. The molecule has 1 fully saturated rings. The summed E-state index contributed by atoms with van der Waals surface area (Å²) < 4.78 is 5.86. The molecule has 2 N–H and O–H groups in total. The van der Waals surface area contributed by atoms with Crippen molar-refractivity contribution in [2.24, 2.45) is 5.73 Å². The summed E-state index contributed by atoms with van der Waals surface area (Å²) in [5, 5.41) is 0. The van der Waals surface area contributed by atoms with Gasteiger partial charge in [-0.3, -0.25) is 0 Å². The second-order valence-corrected chi connectivity index (χ2v) is 4.75. The van der Waals surface area contributed by atoms with Crippen LogP contribution >= 0.6 is 0 Å². The highest BCUT2D eigenvalue weighted by Gasteiger charge is 2.27. The number of aryl methyl sites for hydroxylation is 1. The van der Waals surface area contributed by atoms with Gasteiger partial charge in [-0.25, -0.2) is 4.98 Å². The van der Waals surface area contributed by atoms with Crippen LogP contribution in [0.5, 0.6) is 0 Å². The van der Waals surface area contributed by atoms with E-state index < -0.39 is 0 Å². The van der Waals surface area contributed by atoms with Gasteiger partial charge in [0.1, 0.15) is 5.52 Å². The molecule has 16 heavy (non-hydrogen) atoms. The highest BCUT2D eigenvalue weighted by molar-refractivity contribution is 5.76. The molecule has 0 amide bonds. The van der Waals surface area contributed by atoms with Gasteiger partial charge in [0.2, 0.25) is 0 Å². The molecule has 3 rings (SSSR count). The molecular weight excluding hydrogens is 200 g/mol. The molecule has 0 bridgehead atoms. The van der Waals surface area contributed by atoms with Crippen LogP contribution in [-0.4, -0.2) is 11.0 Å². The zero-order valence-corrected chi connectivity index (χ0v) is 9.44. The maximum absolute atomic E-state index is 5.92. The standard InChI is InChI=1S/C13H16N2O/c1-8-3-2-4-11-12(8)16-13(15-11)9-5-6-10(14)7-9/h2-4,9-10H,5-7,14H2,1H3. The lowest BCUT2D eigenvalue weighted by atomic mass is 10.1. The Morgan fingerprint density at radius 3 is 2.94 bits per heavy atom. The number of aromatic nitrogens is 1. The van der Waals surface area contributed by atoms with E-state index in [0.717, 1.165) is 41.8 Å². The molecule has 3 nitrogen and oxygen atoms in total. The lowest BCUT2D eigenvalue weighted by molar-refractivity contribution is 0.470. The molecule has 0 radical (unpaired) electrons. The van der Waals surface area contributed by atoms with Gasteiger partial charge in [-0.2, -0.15) is 0 Å². The summed E-state index contributed by atoms with van der Waals surface area (Å²) in [7, 11) is 0. The van der Waals surface area contributed by atoms with Crippen LogP contribution in [0.3, 0.4) is 0 Å². The summed E-state index contributed by atoms with van der Waals surface area (Å²) in [4.78, 5) is 4.57. The number of para-hydroxylation sites is 1. The third kappa shape index (κ3) is 1.52. The number of oxazole rings is 1. The molecule has 1 aromatic carbocycles. The quantitative estimate of drug-likeness (QED) is 0.797. The van der Waals surface area contributed by atoms with E-state index in [0.29, 0.717) is 12.0 Å². The van der Waals surface area contributed by atoms with Gasteiger partial charge in [0.25, 0.3) is 0 Å².